The van der Waals surface area contributed by atoms with Crippen LogP contribution >= 0.6 is 11.3 Å². The number of aromatic nitrogens is 5. The molecule has 0 spiro atoms. The molecule has 0 radical (unpaired) electrons. The largest absolute Gasteiger partial charge is 0.334 e. The second-order valence-electron chi connectivity index (χ2n) is 4.40. The maximum absolute atomic E-state index is 11.6. The predicted octanol–water partition coefficient (Wildman–Crippen LogP) is 1.85. The van der Waals surface area contributed by atoms with Crippen molar-refractivity contribution in [3.63, 3.8) is 0 Å². The summed E-state index contributed by atoms with van der Waals surface area (Å²) in [6.45, 7) is 0. The van der Waals surface area contributed by atoms with E-state index in [1.807, 2.05) is 18.2 Å². The molecular weight excluding hydrogens is 274 g/mol. The van der Waals surface area contributed by atoms with Gasteiger partial charge < -0.3 is 4.98 Å². The second-order valence-corrected chi connectivity index (χ2v) is 5.48. The maximum Gasteiger partial charge on any atom is 0.288 e. The van der Waals surface area contributed by atoms with Gasteiger partial charge in [-0.15, -0.1) is 11.3 Å². The molecule has 7 heteroatoms. The van der Waals surface area contributed by atoms with Gasteiger partial charge in [-0.05, 0) is 12.1 Å². The van der Waals surface area contributed by atoms with Crippen LogP contribution < -0.4 is 5.56 Å². The van der Waals surface area contributed by atoms with Gasteiger partial charge in [0.05, 0.1) is 10.9 Å². The number of nitrogens with zero attached hydrogens (tertiary/aromatic N) is 3. The number of rotatable bonds is 2. The van der Waals surface area contributed by atoms with Crippen molar-refractivity contribution in [2.24, 2.45) is 0 Å². The van der Waals surface area contributed by atoms with Crippen LogP contribution in [0.25, 0.3) is 21.3 Å². The summed E-state index contributed by atoms with van der Waals surface area (Å²) in [5.74, 6) is 0. The molecule has 0 amide bonds. The molecule has 4 rings (SSSR count). The number of aromatic amines is 2. The third-order valence-corrected chi connectivity index (χ3v) is 4.16. The minimum atomic E-state index is -0.223. The van der Waals surface area contributed by atoms with E-state index in [4.69, 9.17) is 0 Å². The number of nitrogens with one attached hydrogen (secondary N) is 2. The van der Waals surface area contributed by atoms with Crippen LogP contribution in [0.3, 0.4) is 0 Å². The van der Waals surface area contributed by atoms with Crippen molar-refractivity contribution < 1.29 is 0 Å². The molecule has 0 atom stereocenters. The summed E-state index contributed by atoms with van der Waals surface area (Å²) in [6.07, 6.45) is 4.11. The van der Waals surface area contributed by atoms with E-state index in [2.05, 4.69) is 25.1 Å². The van der Waals surface area contributed by atoms with E-state index >= 15 is 0 Å². The van der Waals surface area contributed by atoms with Gasteiger partial charge in [-0.3, -0.25) is 9.78 Å². The second kappa shape index (κ2) is 4.24. The lowest BCUT2D eigenvalue weighted by Gasteiger charge is -1.94. The van der Waals surface area contributed by atoms with Crippen molar-refractivity contribution in [2.75, 3.05) is 0 Å². The zero-order valence-corrected chi connectivity index (χ0v) is 11.1. The Balaban J connectivity index is 1.84. The van der Waals surface area contributed by atoms with Crippen LogP contribution in [0.15, 0.2) is 35.4 Å². The fourth-order valence-electron chi connectivity index (χ4n) is 2.18. The first-order chi connectivity index (χ1) is 9.81. The van der Waals surface area contributed by atoms with Gasteiger partial charge in [0.2, 0.25) is 0 Å². The SMILES string of the molecule is O=c1[nH]ncc2c1[nH]c1nc(Cc3ccccn3)sc12. The molecule has 0 aliphatic rings. The molecule has 4 heterocycles. The van der Waals surface area contributed by atoms with Gasteiger partial charge in [-0.2, -0.15) is 5.10 Å². The van der Waals surface area contributed by atoms with E-state index in [1.54, 1.807) is 23.7 Å². The summed E-state index contributed by atoms with van der Waals surface area (Å²) in [4.78, 5) is 23.5. The van der Waals surface area contributed by atoms with Gasteiger partial charge in [0, 0.05) is 23.7 Å². The molecule has 0 bridgehead atoms. The van der Waals surface area contributed by atoms with Crippen molar-refractivity contribution in [1.82, 2.24) is 25.1 Å². The molecule has 98 valence electrons. The van der Waals surface area contributed by atoms with Crippen molar-refractivity contribution in [3.05, 3.63) is 51.6 Å². The van der Waals surface area contributed by atoms with Crippen LogP contribution in [0.5, 0.6) is 0 Å². The van der Waals surface area contributed by atoms with Gasteiger partial charge in [0.15, 0.2) is 0 Å². The number of thiazole rings is 1. The van der Waals surface area contributed by atoms with E-state index < -0.39 is 0 Å². The van der Waals surface area contributed by atoms with Crippen LogP contribution in [0.4, 0.5) is 0 Å². The number of pyridine rings is 1. The quantitative estimate of drug-likeness (QED) is 0.587. The van der Waals surface area contributed by atoms with Crippen molar-refractivity contribution in [1.29, 1.82) is 0 Å². The standard InChI is InChI=1S/C13H9N5OS/c19-13-10-8(6-15-18-13)11-12(17-10)16-9(20-11)5-7-3-1-2-4-14-7/h1-4,6,17H,5H2,(H,18,19). The molecule has 0 aliphatic heterocycles. The fourth-order valence-corrected chi connectivity index (χ4v) is 3.23. The average Bonchev–Trinajstić information content (AvgIpc) is 2.99. The summed E-state index contributed by atoms with van der Waals surface area (Å²) >= 11 is 1.56. The summed E-state index contributed by atoms with van der Waals surface area (Å²) in [6, 6.07) is 5.82. The minimum Gasteiger partial charge on any atom is -0.334 e. The van der Waals surface area contributed by atoms with Crippen LogP contribution in [0.2, 0.25) is 0 Å². The normalized spacial score (nSPS) is 11.4. The molecule has 6 nitrogen and oxygen atoms in total. The fraction of sp³-hybridized carbons (Fsp3) is 0.0769. The predicted molar refractivity (Wildman–Crippen MR) is 76.9 cm³/mol. The molecule has 0 unspecified atom stereocenters. The molecule has 4 aromatic heterocycles. The lowest BCUT2D eigenvalue weighted by atomic mass is 10.3. The lowest BCUT2D eigenvalue weighted by molar-refractivity contribution is 1.01. The van der Waals surface area contributed by atoms with Gasteiger partial charge in [-0.1, -0.05) is 6.07 Å². The van der Waals surface area contributed by atoms with E-state index in [-0.39, 0.29) is 5.56 Å². The third kappa shape index (κ3) is 1.71. The zero-order chi connectivity index (χ0) is 13.5. The summed E-state index contributed by atoms with van der Waals surface area (Å²) in [5.41, 5.74) is 2.01. The van der Waals surface area contributed by atoms with E-state index in [0.717, 1.165) is 26.4 Å². The minimum absolute atomic E-state index is 0.223. The van der Waals surface area contributed by atoms with Crippen molar-refractivity contribution >= 4 is 32.6 Å². The smallest absolute Gasteiger partial charge is 0.288 e. The maximum atomic E-state index is 11.6. The molecule has 0 saturated carbocycles. The lowest BCUT2D eigenvalue weighted by Crippen LogP contribution is -2.06. The zero-order valence-electron chi connectivity index (χ0n) is 10.3. The Morgan fingerprint density at radius 3 is 3.10 bits per heavy atom. The Hall–Kier alpha value is -2.54. The highest BCUT2D eigenvalue weighted by molar-refractivity contribution is 7.19. The molecular formula is C13H9N5OS. The van der Waals surface area contributed by atoms with Gasteiger partial charge in [0.1, 0.15) is 16.2 Å². The Morgan fingerprint density at radius 2 is 2.25 bits per heavy atom. The topological polar surface area (TPSA) is 87.3 Å². The molecule has 20 heavy (non-hydrogen) atoms. The number of H-pyrrole nitrogens is 2. The highest BCUT2D eigenvalue weighted by Crippen LogP contribution is 2.29. The van der Waals surface area contributed by atoms with E-state index in [1.165, 1.54) is 0 Å². The summed E-state index contributed by atoms with van der Waals surface area (Å²) in [5, 5.41) is 8.02. The van der Waals surface area contributed by atoms with Crippen LogP contribution in [-0.2, 0) is 6.42 Å². The summed E-state index contributed by atoms with van der Waals surface area (Å²) in [7, 11) is 0. The Morgan fingerprint density at radius 1 is 1.30 bits per heavy atom. The third-order valence-electron chi connectivity index (χ3n) is 3.07. The molecule has 2 N–H and O–H groups in total. The monoisotopic (exact) mass is 283 g/mol. The number of fused-ring (bicyclic) bond motifs is 3. The molecule has 0 saturated heterocycles. The molecule has 0 aromatic carbocycles. The van der Waals surface area contributed by atoms with Crippen molar-refractivity contribution in [2.45, 2.75) is 6.42 Å². The highest BCUT2D eigenvalue weighted by atomic mass is 32.1. The Labute approximate surface area is 116 Å². The summed E-state index contributed by atoms with van der Waals surface area (Å²) < 4.78 is 0.963. The van der Waals surface area contributed by atoms with Crippen LogP contribution in [0, 0.1) is 0 Å². The Bertz CT molecular complexity index is 953. The number of hydrogen-bond donors (Lipinski definition) is 2. The molecule has 0 fully saturated rings. The highest BCUT2D eigenvalue weighted by Gasteiger charge is 2.13. The number of hydrogen-bond acceptors (Lipinski definition) is 5. The first kappa shape index (κ1) is 11.3. The van der Waals surface area contributed by atoms with Crippen molar-refractivity contribution in [3.8, 4) is 0 Å². The average molecular weight is 283 g/mol. The molecule has 0 aliphatic carbocycles. The van der Waals surface area contributed by atoms with E-state index in [9.17, 15) is 4.79 Å². The van der Waals surface area contributed by atoms with E-state index in [0.29, 0.717) is 11.9 Å². The first-order valence-corrected chi connectivity index (χ1v) is 6.87. The van der Waals surface area contributed by atoms with Gasteiger partial charge in [0.25, 0.3) is 5.56 Å². The van der Waals surface area contributed by atoms with Crippen LogP contribution in [-0.4, -0.2) is 25.1 Å². The van der Waals surface area contributed by atoms with Gasteiger partial charge in [-0.25, -0.2) is 10.1 Å². The Kier molecular flexibility index (Phi) is 2.40. The molecule has 4 aromatic rings. The van der Waals surface area contributed by atoms with Gasteiger partial charge >= 0.3 is 0 Å². The first-order valence-electron chi connectivity index (χ1n) is 6.06. The van der Waals surface area contributed by atoms with Crippen LogP contribution in [0.1, 0.15) is 10.7 Å².